The number of para-hydroxylation sites is 1. The van der Waals surface area contributed by atoms with Crippen molar-refractivity contribution in [1.82, 2.24) is 4.98 Å². The van der Waals surface area contributed by atoms with E-state index in [1.807, 2.05) is 36.0 Å². The number of carbonyl (C=O) groups is 1. The monoisotopic (exact) mass is 319 g/mol. The van der Waals surface area contributed by atoms with Crippen LogP contribution in [0.15, 0.2) is 59.5 Å². The number of carbonyl (C=O) groups excluding carboxylic acids is 1. The van der Waals surface area contributed by atoms with Gasteiger partial charge in [0.1, 0.15) is 5.69 Å². The number of hydrogen-bond acceptors (Lipinski definition) is 3. The van der Waals surface area contributed by atoms with Crippen molar-refractivity contribution >= 4 is 28.4 Å². The number of fused-ring (bicyclic) bond motifs is 2. The van der Waals surface area contributed by atoms with E-state index < -0.39 is 0 Å². The summed E-state index contributed by atoms with van der Waals surface area (Å²) in [7, 11) is 0. The molecule has 3 aromatic rings. The molecule has 0 saturated heterocycles. The van der Waals surface area contributed by atoms with Gasteiger partial charge in [0.25, 0.3) is 0 Å². The van der Waals surface area contributed by atoms with Gasteiger partial charge in [0, 0.05) is 22.5 Å². The minimum Gasteiger partial charge on any atom is -0.292 e. The number of benzene rings is 2. The van der Waals surface area contributed by atoms with Gasteiger partial charge in [-0.25, -0.2) is 4.98 Å². The number of pyridine rings is 1. The summed E-state index contributed by atoms with van der Waals surface area (Å²) < 4.78 is 0. The lowest BCUT2D eigenvalue weighted by Crippen LogP contribution is -2.14. The summed E-state index contributed by atoms with van der Waals surface area (Å²) >= 11 is 1.83. The Hall–Kier alpha value is -2.13. The lowest BCUT2D eigenvalue weighted by Gasteiger charge is -2.19. The van der Waals surface area contributed by atoms with Crippen LogP contribution in [0.1, 0.15) is 34.5 Å². The van der Waals surface area contributed by atoms with Gasteiger partial charge in [-0.1, -0.05) is 48.5 Å². The smallest absolute Gasteiger partial charge is 0.181 e. The lowest BCUT2D eigenvalue weighted by atomic mass is 9.93. The molecule has 1 aromatic heterocycles. The Kier molecular flexibility index (Phi) is 3.88. The van der Waals surface area contributed by atoms with Gasteiger partial charge in [-0.15, -0.1) is 11.8 Å². The van der Waals surface area contributed by atoms with Gasteiger partial charge in [-0.05, 0) is 30.0 Å². The molecule has 0 aliphatic heterocycles. The van der Waals surface area contributed by atoms with Crippen molar-refractivity contribution in [2.45, 2.75) is 29.9 Å². The summed E-state index contributed by atoms with van der Waals surface area (Å²) in [6.45, 7) is 0. The standard InChI is InChI=1S/C20H17NOS/c22-18-12-6-10-16-19(18)21-17-11-5-4-9-15(17)20(16)23-13-14-7-2-1-3-8-14/h1-5,7-9,11H,6,10,12-13H2. The van der Waals surface area contributed by atoms with Gasteiger partial charge in [0.2, 0.25) is 0 Å². The summed E-state index contributed by atoms with van der Waals surface area (Å²) in [6.07, 6.45) is 2.52. The average Bonchev–Trinajstić information content (AvgIpc) is 2.60. The van der Waals surface area contributed by atoms with E-state index in [1.165, 1.54) is 15.8 Å². The zero-order valence-corrected chi connectivity index (χ0v) is 13.6. The van der Waals surface area contributed by atoms with Crippen molar-refractivity contribution in [3.8, 4) is 0 Å². The van der Waals surface area contributed by atoms with E-state index in [-0.39, 0.29) is 5.78 Å². The van der Waals surface area contributed by atoms with Gasteiger partial charge >= 0.3 is 0 Å². The third kappa shape index (κ3) is 2.77. The first-order valence-corrected chi connectivity index (χ1v) is 8.93. The second kappa shape index (κ2) is 6.17. The lowest BCUT2D eigenvalue weighted by molar-refractivity contribution is 0.0967. The maximum Gasteiger partial charge on any atom is 0.181 e. The number of aromatic nitrogens is 1. The molecule has 0 bridgehead atoms. The van der Waals surface area contributed by atoms with Crippen LogP contribution in [0.4, 0.5) is 0 Å². The van der Waals surface area contributed by atoms with Gasteiger partial charge in [-0.2, -0.15) is 0 Å². The van der Waals surface area contributed by atoms with Crippen molar-refractivity contribution in [3.05, 3.63) is 71.4 Å². The van der Waals surface area contributed by atoms with Crippen molar-refractivity contribution < 1.29 is 4.79 Å². The van der Waals surface area contributed by atoms with Crippen LogP contribution in [0.2, 0.25) is 0 Å². The molecular formula is C20H17NOS. The first-order chi connectivity index (χ1) is 11.3. The zero-order chi connectivity index (χ0) is 15.6. The molecule has 1 heterocycles. The fourth-order valence-electron chi connectivity index (χ4n) is 3.12. The second-order valence-corrected chi connectivity index (χ2v) is 6.82. The number of Topliss-reactive ketones (excluding diaryl/α,β-unsaturated/α-hetero) is 1. The predicted molar refractivity (Wildman–Crippen MR) is 95.0 cm³/mol. The van der Waals surface area contributed by atoms with Crippen molar-refractivity contribution in [2.75, 3.05) is 0 Å². The largest absolute Gasteiger partial charge is 0.292 e. The molecular weight excluding hydrogens is 302 g/mol. The fraction of sp³-hybridized carbons (Fsp3) is 0.200. The number of rotatable bonds is 3. The third-order valence-corrected chi connectivity index (χ3v) is 5.49. The van der Waals surface area contributed by atoms with E-state index >= 15 is 0 Å². The Morgan fingerprint density at radius 3 is 2.61 bits per heavy atom. The second-order valence-electron chi connectivity index (χ2n) is 5.84. The molecule has 2 aromatic carbocycles. The van der Waals surface area contributed by atoms with E-state index in [2.05, 4.69) is 35.3 Å². The molecule has 4 rings (SSSR count). The SMILES string of the molecule is O=C1CCCc2c1nc1ccccc1c2SCc1ccccc1. The molecule has 0 radical (unpaired) electrons. The van der Waals surface area contributed by atoms with Crippen molar-refractivity contribution in [3.63, 3.8) is 0 Å². The summed E-state index contributed by atoms with van der Waals surface area (Å²) in [6, 6.07) is 18.6. The Balaban J connectivity index is 1.81. The minimum atomic E-state index is 0.193. The Labute approximate surface area is 139 Å². The van der Waals surface area contributed by atoms with Crippen LogP contribution in [-0.2, 0) is 12.2 Å². The van der Waals surface area contributed by atoms with Gasteiger partial charge in [0.15, 0.2) is 5.78 Å². The number of thioether (sulfide) groups is 1. The number of hydrogen-bond donors (Lipinski definition) is 0. The zero-order valence-electron chi connectivity index (χ0n) is 12.8. The average molecular weight is 319 g/mol. The van der Waals surface area contributed by atoms with E-state index in [0.717, 1.165) is 29.7 Å². The number of ketones is 1. The molecule has 0 spiro atoms. The first kappa shape index (κ1) is 14.5. The fourth-order valence-corrected chi connectivity index (χ4v) is 4.33. The molecule has 0 amide bonds. The summed E-state index contributed by atoms with van der Waals surface area (Å²) in [5.74, 6) is 1.11. The highest BCUT2D eigenvalue weighted by Gasteiger charge is 2.23. The minimum absolute atomic E-state index is 0.193. The summed E-state index contributed by atoms with van der Waals surface area (Å²) in [5.41, 5.74) is 4.08. The highest BCUT2D eigenvalue weighted by Crippen LogP contribution is 2.37. The van der Waals surface area contributed by atoms with Gasteiger partial charge in [0.05, 0.1) is 5.52 Å². The molecule has 3 heteroatoms. The van der Waals surface area contributed by atoms with E-state index in [1.54, 1.807) is 0 Å². The topological polar surface area (TPSA) is 30.0 Å². The first-order valence-electron chi connectivity index (χ1n) is 7.94. The highest BCUT2D eigenvalue weighted by molar-refractivity contribution is 7.98. The number of nitrogens with zero attached hydrogens (tertiary/aromatic N) is 1. The van der Waals surface area contributed by atoms with Gasteiger partial charge in [-0.3, -0.25) is 4.79 Å². The molecule has 2 nitrogen and oxygen atoms in total. The molecule has 114 valence electrons. The van der Waals surface area contributed by atoms with Crippen LogP contribution in [0.5, 0.6) is 0 Å². The van der Waals surface area contributed by atoms with Crippen LogP contribution >= 0.6 is 11.8 Å². The maximum atomic E-state index is 12.3. The van der Waals surface area contributed by atoms with Gasteiger partial charge < -0.3 is 0 Å². The highest BCUT2D eigenvalue weighted by atomic mass is 32.2. The predicted octanol–water partition coefficient (Wildman–Crippen LogP) is 5.05. The van der Waals surface area contributed by atoms with E-state index in [4.69, 9.17) is 0 Å². The quantitative estimate of drug-likeness (QED) is 0.633. The molecule has 0 atom stereocenters. The van der Waals surface area contributed by atoms with Crippen LogP contribution in [0, 0.1) is 0 Å². The Morgan fingerprint density at radius 1 is 0.957 bits per heavy atom. The van der Waals surface area contributed by atoms with Crippen LogP contribution < -0.4 is 0 Å². The molecule has 1 aliphatic carbocycles. The Bertz CT molecular complexity index is 873. The summed E-state index contributed by atoms with van der Waals surface area (Å²) in [5, 5.41) is 1.17. The molecule has 0 fully saturated rings. The Morgan fingerprint density at radius 2 is 1.74 bits per heavy atom. The van der Waals surface area contributed by atoms with Crippen LogP contribution in [-0.4, -0.2) is 10.8 Å². The molecule has 23 heavy (non-hydrogen) atoms. The van der Waals surface area contributed by atoms with E-state index in [0.29, 0.717) is 12.1 Å². The normalized spacial score (nSPS) is 14.0. The molecule has 0 N–H and O–H groups in total. The van der Waals surface area contributed by atoms with Crippen molar-refractivity contribution in [2.24, 2.45) is 0 Å². The molecule has 1 aliphatic rings. The van der Waals surface area contributed by atoms with Crippen LogP contribution in [0.3, 0.4) is 0 Å². The summed E-state index contributed by atoms with van der Waals surface area (Å²) in [4.78, 5) is 18.2. The molecule has 0 saturated carbocycles. The van der Waals surface area contributed by atoms with Crippen molar-refractivity contribution in [1.29, 1.82) is 0 Å². The maximum absolute atomic E-state index is 12.3. The van der Waals surface area contributed by atoms with E-state index in [9.17, 15) is 4.79 Å². The van der Waals surface area contributed by atoms with Crippen LogP contribution in [0.25, 0.3) is 10.9 Å². The third-order valence-electron chi connectivity index (χ3n) is 4.26. The molecule has 0 unspecified atom stereocenters.